The van der Waals surface area contributed by atoms with Crippen molar-refractivity contribution < 1.29 is 5.11 Å². The molecule has 0 aromatic carbocycles. The lowest BCUT2D eigenvalue weighted by molar-refractivity contribution is 0.198. The summed E-state index contributed by atoms with van der Waals surface area (Å²) >= 11 is 1.75. The third-order valence-corrected chi connectivity index (χ3v) is 5.37. The number of hydrogen-bond donors (Lipinski definition) is 1. The lowest BCUT2D eigenvalue weighted by Gasteiger charge is -2.13. The predicted octanol–water partition coefficient (Wildman–Crippen LogP) is 1.60. The molecular formula is C14H18N4OS. The molecule has 1 N–H and O–H groups in total. The van der Waals surface area contributed by atoms with Gasteiger partial charge in [-0.2, -0.15) is 5.10 Å². The number of anilines is 1. The van der Waals surface area contributed by atoms with E-state index >= 15 is 0 Å². The minimum atomic E-state index is -0.203. The maximum absolute atomic E-state index is 9.70. The number of fused-ring (bicyclic) bond motifs is 3. The summed E-state index contributed by atoms with van der Waals surface area (Å²) < 4.78 is 1.97. The van der Waals surface area contributed by atoms with Gasteiger partial charge in [0.15, 0.2) is 5.13 Å². The zero-order valence-electron chi connectivity index (χ0n) is 11.5. The Morgan fingerprint density at radius 3 is 3.10 bits per heavy atom. The second-order valence-electron chi connectivity index (χ2n) is 5.66. The van der Waals surface area contributed by atoms with Gasteiger partial charge in [0.25, 0.3) is 0 Å². The van der Waals surface area contributed by atoms with E-state index in [1.165, 1.54) is 21.8 Å². The molecule has 2 aromatic rings. The lowest BCUT2D eigenvalue weighted by atomic mass is 10.1. The first-order chi connectivity index (χ1) is 9.72. The Balaban J connectivity index is 1.78. The fraction of sp³-hybridized carbons (Fsp3) is 0.571. The van der Waals surface area contributed by atoms with Crippen molar-refractivity contribution in [3.05, 3.63) is 17.5 Å². The standard InChI is InChI=1S/C14H18N4OS/c1-17-12-9(7-15-17)3-2-4-11-13(12)20-14(16-11)18-6-5-10(19)8-18/h7,10,19H,2-6,8H2,1H3. The molecule has 0 spiro atoms. The Bertz CT molecular complexity index is 648. The Labute approximate surface area is 121 Å². The molecule has 0 saturated carbocycles. The van der Waals surface area contributed by atoms with Crippen LogP contribution in [0.3, 0.4) is 0 Å². The molecule has 5 nitrogen and oxygen atoms in total. The van der Waals surface area contributed by atoms with Gasteiger partial charge in [-0.15, -0.1) is 0 Å². The molecule has 3 heterocycles. The molecule has 106 valence electrons. The third-order valence-electron chi connectivity index (χ3n) is 4.21. The Kier molecular flexibility index (Phi) is 2.82. The molecule has 1 aliphatic carbocycles. The number of thiazole rings is 1. The molecule has 2 aromatic heterocycles. The highest BCUT2D eigenvalue weighted by Crippen LogP contribution is 2.40. The summed E-state index contributed by atoms with van der Waals surface area (Å²) in [4.78, 5) is 8.32. The summed E-state index contributed by atoms with van der Waals surface area (Å²) in [7, 11) is 2.01. The van der Waals surface area contributed by atoms with Gasteiger partial charge in [-0.05, 0) is 31.2 Å². The van der Waals surface area contributed by atoms with Crippen molar-refractivity contribution in [2.75, 3.05) is 18.0 Å². The van der Waals surface area contributed by atoms with Crippen LogP contribution in [-0.2, 0) is 19.9 Å². The number of aryl methyl sites for hydroxylation is 3. The lowest BCUT2D eigenvalue weighted by Crippen LogP contribution is -2.20. The first-order valence-electron chi connectivity index (χ1n) is 7.16. The molecule has 4 rings (SSSR count). The zero-order valence-corrected chi connectivity index (χ0v) is 12.4. The van der Waals surface area contributed by atoms with Crippen LogP contribution in [-0.4, -0.2) is 39.1 Å². The number of aliphatic hydroxyl groups excluding tert-OH is 1. The van der Waals surface area contributed by atoms with E-state index < -0.39 is 0 Å². The van der Waals surface area contributed by atoms with Crippen molar-refractivity contribution in [3.63, 3.8) is 0 Å². The highest BCUT2D eigenvalue weighted by atomic mass is 32.1. The van der Waals surface area contributed by atoms with Gasteiger partial charge in [0.1, 0.15) is 0 Å². The van der Waals surface area contributed by atoms with Crippen LogP contribution in [0.5, 0.6) is 0 Å². The molecule has 0 amide bonds. The molecule has 1 saturated heterocycles. The normalized spacial score (nSPS) is 21.7. The second kappa shape index (κ2) is 4.56. The van der Waals surface area contributed by atoms with Crippen molar-refractivity contribution in [3.8, 4) is 10.6 Å². The number of nitrogens with zero attached hydrogens (tertiary/aromatic N) is 4. The number of aromatic nitrogens is 3. The highest BCUT2D eigenvalue weighted by molar-refractivity contribution is 7.19. The first kappa shape index (κ1) is 12.3. The molecule has 1 aliphatic heterocycles. The summed E-state index contributed by atoms with van der Waals surface area (Å²) in [5, 5.41) is 15.2. The van der Waals surface area contributed by atoms with Crippen LogP contribution in [0.1, 0.15) is 24.1 Å². The number of aliphatic hydroxyl groups is 1. The Morgan fingerprint density at radius 2 is 2.30 bits per heavy atom. The summed E-state index contributed by atoms with van der Waals surface area (Å²) in [6.45, 7) is 1.62. The molecule has 1 fully saturated rings. The first-order valence-corrected chi connectivity index (χ1v) is 7.98. The fourth-order valence-electron chi connectivity index (χ4n) is 3.15. The molecule has 2 aliphatic rings. The van der Waals surface area contributed by atoms with E-state index in [4.69, 9.17) is 4.98 Å². The molecule has 0 bridgehead atoms. The molecule has 0 radical (unpaired) electrons. The maximum atomic E-state index is 9.70. The van der Waals surface area contributed by atoms with Gasteiger partial charge in [0.2, 0.25) is 0 Å². The van der Waals surface area contributed by atoms with Crippen LogP contribution >= 0.6 is 11.3 Å². The van der Waals surface area contributed by atoms with Crippen LogP contribution < -0.4 is 4.90 Å². The average Bonchev–Trinajstić information content (AvgIpc) is 3.08. The molecular weight excluding hydrogens is 272 g/mol. The van der Waals surface area contributed by atoms with Gasteiger partial charge in [-0.1, -0.05) is 11.3 Å². The van der Waals surface area contributed by atoms with Crippen molar-refractivity contribution in [1.29, 1.82) is 0 Å². The summed E-state index contributed by atoms with van der Waals surface area (Å²) in [5.41, 5.74) is 3.78. The quantitative estimate of drug-likeness (QED) is 0.867. The van der Waals surface area contributed by atoms with E-state index in [0.717, 1.165) is 37.4 Å². The summed E-state index contributed by atoms with van der Waals surface area (Å²) in [6.07, 6.45) is 5.90. The van der Waals surface area contributed by atoms with Gasteiger partial charge in [0.05, 0.1) is 28.6 Å². The fourth-order valence-corrected chi connectivity index (χ4v) is 4.41. The SMILES string of the molecule is Cn1ncc2c1-c1sc(N3CCC(O)C3)nc1CCC2. The van der Waals surface area contributed by atoms with E-state index in [1.807, 2.05) is 17.9 Å². The summed E-state index contributed by atoms with van der Waals surface area (Å²) in [5.74, 6) is 0. The minimum absolute atomic E-state index is 0.203. The second-order valence-corrected chi connectivity index (χ2v) is 6.63. The van der Waals surface area contributed by atoms with Crippen LogP contribution in [0.2, 0.25) is 0 Å². The largest absolute Gasteiger partial charge is 0.391 e. The van der Waals surface area contributed by atoms with Crippen LogP contribution in [0.4, 0.5) is 5.13 Å². The van der Waals surface area contributed by atoms with Crippen LogP contribution in [0.15, 0.2) is 6.20 Å². The smallest absolute Gasteiger partial charge is 0.186 e. The average molecular weight is 290 g/mol. The highest BCUT2D eigenvalue weighted by Gasteiger charge is 2.27. The van der Waals surface area contributed by atoms with Crippen molar-refractivity contribution in [1.82, 2.24) is 14.8 Å². The van der Waals surface area contributed by atoms with Gasteiger partial charge in [0, 0.05) is 20.1 Å². The van der Waals surface area contributed by atoms with Gasteiger partial charge in [-0.3, -0.25) is 4.68 Å². The molecule has 20 heavy (non-hydrogen) atoms. The number of β-amino-alcohol motifs (C(OH)–C–C–N with tert-alkyl or cyclic N) is 1. The topological polar surface area (TPSA) is 54.2 Å². The number of hydrogen-bond acceptors (Lipinski definition) is 5. The van der Waals surface area contributed by atoms with E-state index in [2.05, 4.69) is 10.00 Å². The molecule has 1 unspecified atom stereocenters. The van der Waals surface area contributed by atoms with Gasteiger partial charge < -0.3 is 10.0 Å². The van der Waals surface area contributed by atoms with E-state index in [-0.39, 0.29) is 6.10 Å². The molecule has 6 heteroatoms. The van der Waals surface area contributed by atoms with Crippen LogP contribution in [0, 0.1) is 0 Å². The van der Waals surface area contributed by atoms with E-state index in [0.29, 0.717) is 6.54 Å². The van der Waals surface area contributed by atoms with Gasteiger partial charge in [-0.25, -0.2) is 4.98 Å². The van der Waals surface area contributed by atoms with E-state index in [9.17, 15) is 5.11 Å². The maximum Gasteiger partial charge on any atom is 0.186 e. The van der Waals surface area contributed by atoms with E-state index in [1.54, 1.807) is 11.3 Å². The summed E-state index contributed by atoms with van der Waals surface area (Å²) in [6, 6.07) is 0. The van der Waals surface area contributed by atoms with Crippen LogP contribution in [0.25, 0.3) is 10.6 Å². The predicted molar refractivity (Wildman–Crippen MR) is 79.2 cm³/mol. The van der Waals surface area contributed by atoms with Crippen molar-refractivity contribution in [2.24, 2.45) is 7.05 Å². The Hall–Kier alpha value is -1.40. The zero-order chi connectivity index (χ0) is 13.7. The monoisotopic (exact) mass is 290 g/mol. The number of rotatable bonds is 1. The molecule has 1 atom stereocenters. The van der Waals surface area contributed by atoms with Gasteiger partial charge >= 0.3 is 0 Å². The third kappa shape index (κ3) is 1.86. The Morgan fingerprint density at radius 1 is 1.40 bits per heavy atom. The van der Waals surface area contributed by atoms with Crippen molar-refractivity contribution in [2.45, 2.75) is 31.8 Å². The minimum Gasteiger partial charge on any atom is -0.391 e. The van der Waals surface area contributed by atoms with Crippen molar-refractivity contribution >= 4 is 16.5 Å².